The van der Waals surface area contributed by atoms with Crippen LogP contribution in [0, 0.1) is 11.8 Å². The van der Waals surface area contributed by atoms with Gasteiger partial charge in [-0.15, -0.1) is 0 Å². The summed E-state index contributed by atoms with van der Waals surface area (Å²) >= 11 is 5.99. The lowest BCUT2D eigenvalue weighted by atomic mass is 9.85. The van der Waals surface area contributed by atoms with Crippen molar-refractivity contribution in [3.8, 4) is 0 Å². The van der Waals surface area contributed by atoms with Gasteiger partial charge in [0, 0.05) is 18.1 Å². The zero-order valence-corrected chi connectivity index (χ0v) is 11.4. The molecule has 0 unspecified atom stereocenters. The molecule has 104 valence electrons. The molecule has 3 rings (SSSR count). The number of carbonyl (C=O) groups excluding carboxylic acids is 2. The number of hydrogen-bond donors (Lipinski definition) is 0. The van der Waals surface area contributed by atoms with E-state index in [-0.39, 0.29) is 23.7 Å². The van der Waals surface area contributed by atoms with Crippen LogP contribution >= 0.6 is 11.6 Å². The van der Waals surface area contributed by atoms with E-state index in [9.17, 15) is 9.59 Å². The van der Waals surface area contributed by atoms with E-state index in [1.165, 1.54) is 4.90 Å². The molecule has 2 aliphatic heterocycles. The van der Waals surface area contributed by atoms with Crippen molar-refractivity contribution in [2.24, 2.45) is 11.8 Å². The molecule has 2 amide bonds. The highest BCUT2D eigenvalue weighted by molar-refractivity contribution is 6.30. The van der Waals surface area contributed by atoms with Crippen molar-refractivity contribution in [3.63, 3.8) is 0 Å². The molecular formula is C13H17ClN2O3. The van der Waals surface area contributed by atoms with Crippen molar-refractivity contribution in [1.29, 1.82) is 0 Å². The Hall–Kier alpha value is -0.910. The molecule has 2 saturated heterocycles. The first kappa shape index (κ1) is 13.1. The Kier molecular flexibility index (Phi) is 3.60. The normalized spacial score (nSPS) is 32.5. The van der Waals surface area contributed by atoms with Crippen LogP contribution in [0.3, 0.4) is 0 Å². The molecule has 1 aliphatic carbocycles. The molecule has 0 saturated carbocycles. The Morgan fingerprint density at radius 3 is 2.63 bits per heavy atom. The lowest BCUT2D eigenvalue weighted by Crippen LogP contribution is -2.46. The van der Waals surface area contributed by atoms with Gasteiger partial charge in [0.1, 0.15) is 0 Å². The van der Waals surface area contributed by atoms with Gasteiger partial charge in [-0.25, -0.2) is 0 Å². The number of allylic oxidation sites excluding steroid dienone is 2. The second-order valence-electron chi connectivity index (χ2n) is 5.28. The Morgan fingerprint density at radius 2 is 1.89 bits per heavy atom. The van der Waals surface area contributed by atoms with Gasteiger partial charge < -0.3 is 4.74 Å². The van der Waals surface area contributed by atoms with E-state index in [0.717, 1.165) is 13.1 Å². The molecular weight excluding hydrogens is 268 g/mol. The summed E-state index contributed by atoms with van der Waals surface area (Å²) in [5.74, 6) is -0.545. The number of amides is 2. The number of imide groups is 1. The van der Waals surface area contributed by atoms with Gasteiger partial charge in [0.15, 0.2) is 0 Å². The van der Waals surface area contributed by atoms with E-state index >= 15 is 0 Å². The molecule has 0 radical (unpaired) electrons. The fraction of sp³-hybridized carbons (Fsp3) is 0.692. The van der Waals surface area contributed by atoms with Crippen LogP contribution in [0.2, 0.25) is 0 Å². The molecule has 0 N–H and O–H groups in total. The highest BCUT2D eigenvalue weighted by Crippen LogP contribution is 2.38. The van der Waals surface area contributed by atoms with E-state index in [2.05, 4.69) is 4.90 Å². The number of fused-ring (bicyclic) bond motifs is 1. The fourth-order valence-electron chi connectivity index (χ4n) is 2.98. The van der Waals surface area contributed by atoms with Crippen molar-refractivity contribution < 1.29 is 14.3 Å². The largest absolute Gasteiger partial charge is 0.379 e. The SMILES string of the molecule is O=C1[C@H]2CC=C(Cl)C[C@H]2C(=O)N1CN1CCOCC1. The van der Waals surface area contributed by atoms with Crippen LogP contribution in [0.25, 0.3) is 0 Å². The fourth-order valence-corrected chi connectivity index (χ4v) is 3.23. The molecule has 19 heavy (non-hydrogen) atoms. The molecule has 5 nitrogen and oxygen atoms in total. The molecule has 2 atom stereocenters. The van der Waals surface area contributed by atoms with Gasteiger partial charge in [-0.3, -0.25) is 19.4 Å². The van der Waals surface area contributed by atoms with Crippen LogP contribution in [0.1, 0.15) is 12.8 Å². The average molecular weight is 285 g/mol. The third-order valence-electron chi connectivity index (χ3n) is 4.11. The molecule has 0 spiro atoms. The zero-order chi connectivity index (χ0) is 13.4. The Bertz CT molecular complexity index is 432. The lowest BCUT2D eigenvalue weighted by molar-refractivity contribution is -0.143. The quantitative estimate of drug-likeness (QED) is 0.704. The van der Waals surface area contributed by atoms with Crippen LogP contribution in [-0.2, 0) is 14.3 Å². The highest BCUT2D eigenvalue weighted by atomic mass is 35.5. The van der Waals surface area contributed by atoms with Crippen molar-refractivity contribution in [1.82, 2.24) is 9.80 Å². The Balaban J connectivity index is 1.70. The van der Waals surface area contributed by atoms with E-state index in [1.54, 1.807) is 0 Å². The number of halogens is 1. The van der Waals surface area contributed by atoms with E-state index in [4.69, 9.17) is 16.3 Å². The number of rotatable bonds is 2. The van der Waals surface area contributed by atoms with Gasteiger partial charge >= 0.3 is 0 Å². The van der Waals surface area contributed by atoms with Crippen LogP contribution in [0.5, 0.6) is 0 Å². The van der Waals surface area contributed by atoms with E-state index in [1.807, 2.05) is 6.08 Å². The first-order chi connectivity index (χ1) is 9.16. The van der Waals surface area contributed by atoms with Gasteiger partial charge in [0.05, 0.1) is 31.7 Å². The monoisotopic (exact) mass is 284 g/mol. The number of carbonyl (C=O) groups is 2. The van der Waals surface area contributed by atoms with E-state index < -0.39 is 0 Å². The maximum absolute atomic E-state index is 12.3. The minimum absolute atomic E-state index is 0.0399. The van der Waals surface area contributed by atoms with Gasteiger partial charge in [-0.05, 0) is 12.8 Å². The number of likely N-dealkylation sites (tertiary alicyclic amines) is 1. The average Bonchev–Trinajstić information content (AvgIpc) is 2.65. The summed E-state index contributed by atoms with van der Waals surface area (Å²) in [7, 11) is 0. The smallest absolute Gasteiger partial charge is 0.234 e. The van der Waals surface area contributed by atoms with Crippen LogP contribution in [-0.4, -0.2) is 54.6 Å². The number of hydrogen-bond acceptors (Lipinski definition) is 4. The van der Waals surface area contributed by atoms with Gasteiger partial charge in [-0.2, -0.15) is 0 Å². The molecule has 3 aliphatic rings. The van der Waals surface area contributed by atoms with Crippen LogP contribution < -0.4 is 0 Å². The minimum atomic E-state index is -0.244. The Morgan fingerprint density at radius 1 is 1.21 bits per heavy atom. The summed E-state index contributed by atoms with van der Waals surface area (Å²) in [6.07, 6.45) is 2.97. The first-order valence-corrected chi connectivity index (χ1v) is 7.04. The molecule has 0 aromatic carbocycles. The lowest BCUT2D eigenvalue weighted by Gasteiger charge is -2.29. The van der Waals surface area contributed by atoms with Crippen LogP contribution in [0.15, 0.2) is 11.1 Å². The third-order valence-corrected chi connectivity index (χ3v) is 4.41. The Labute approximate surface area is 117 Å². The summed E-state index contributed by atoms with van der Waals surface area (Å²) in [5, 5.41) is 0.704. The molecule has 2 fully saturated rings. The minimum Gasteiger partial charge on any atom is -0.379 e. The van der Waals surface area contributed by atoms with Gasteiger partial charge in [-0.1, -0.05) is 17.7 Å². The van der Waals surface area contributed by atoms with Crippen molar-refractivity contribution in [2.75, 3.05) is 33.0 Å². The summed E-state index contributed by atoms with van der Waals surface area (Å²) in [6.45, 7) is 3.26. The number of nitrogens with zero attached hydrogens (tertiary/aromatic N) is 2. The summed E-state index contributed by atoms with van der Waals surface area (Å²) in [5.41, 5.74) is 0. The predicted molar refractivity (Wildman–Crippen MR) is 69.3 cm³/mol. The second-order valence-corrected chi connectivity index (χ2v) is 5.77. The molecule has 6 heteroatoms. The van der Waals surface area contributed by atoms with Crippen LogP contribution in [0.4, 0.5) is 0 Å². The van der Waals surface area contributed by atoms with Gasteiger partial charge in [0.2, 0.25) is 11.8 Å². The zero-order valence-electron chi connectivity index (χ0n) is 10.7. The van der Waals surface area contributed by atoms with E-state index in [0.29, 0.717) is 37.8 Å². The second kappa shape index (κ2) is 5.23. The van der Waals surface area contributed by atoms with Crippen molar-refractivity contribution >= 4 is 23.4 Å². The maximum Gasteiger partial charge on any atom is 0.234 e. The topological polar surface area (TPSA) is 49.9 Å². The highest BCUT2D eigenvalue weighted by Gasteiger charge is 2.48. The standard InChI is InChI=1S/C13H17ClN2O3/c14-9-1-2-10-11(7-9)13(18)16(12(10)17)8-15-3-5-19-6-4-15/h1,10-11H,2-8H2/t10-,11+/m0/s1. The number of ether oxygens (including phenoxy) is 1. The summed E-state index contributed by atoms with van der Waals surface area (Å²) < 4.78 is 5.27. The predicted octanol–water partition coefficient (Wildman–Crippen LogP) is 0.794. The molecule has 0 aromatic rings. The maximum atomic E-state index is 12.3. The summed E-state index contributed by atoms with van der Waals surface area (Å²) in [6, 6.07) is 0. The van der Waals surface area contributed by atoms with Gasteiger partial charge in [0.25, 0.3) is 0 Å². The third kappa shape index (κ3) is 2.42. The first-order valence-electron chi connectivity index (χ1n) is 6.66. The van der Waals surface area contributed by atoms with Crippen molar-refractivity contribution in [3.05, 3.63) is 11.1 Å². The van der Waals surface area contributed by atoms with Crippen molar-refractivity contribution in [2.45, 2.75) is 12.8 Å². The molecule has 0 aromatic heterocycles. The molecule has 0 bridgehead atoms. The summed E-state index contributed by atoms with van der Waals surface area (Å²) in [4.78, 5) is 28.1. The molecule has 2 heterocycles. The number of morpholine rings is 1.